The van der Waals surface area contributed by atoms with Gasteiger partial charge in [-0.25, -0.2) is 4.39 Å². The zero-order valence-corrected chi connectivity index (χ0v) is 13.2. The summed E-state index contributed by atoms with van der Waals surface area (Å²) in [5.74, 6) is -0.749. The van der Waals surface area contributed by atoms with Crippen molar-refractivity contribution in [3.63, 3.8) is 0 Å². The summed E-state index contributed by atoms with van der Waals surface area (Å²) in [4.78, 5) is 23.7. The van der Waals surface area contributed by atoms with Gasteiger partial charge >= 0.3 is 0 Å². The van der Waals surface area contributed by atoms with Gasteiger partial charge in [0, 0.05) is 17.1 Å². The lowest BCUT2D eigenvalue weighted by Gasteiger charge is -2.11. The lowest BCUT2D eigenvalue weighted by molar-refractivity contribution is -0.118. The second kappa shape index (κ2) is 7.74. The fourth-order valence-corrected chi connectivity index (χ4v) is 2.12. The number of rotatable bonds is 6. The molecule has 0 atom stereocenters. The molecule has 1 amide bonds. The average molecular weight is 336 g/mol. The molecule has 0 heterocycles. The molecule has 120 valence electrons. The van der Waals surface area contributed by atoms with Gasteiger partial charge in [0.15, 0.2) is 12.4 Å². The molecule has 0 saturated carbocycles. The lowest BCUT2D eigenvalue weighted by Crippen LogP contribution is -2.20. The monoisotopic (exact) mass is 335 g/mol. The van der Waals surface area contributed by atoms with Crippen LogP contribution >= 0.6 is 11.6 Å². The van der Waals surface area contributed by atoms with Gasteiger partial charge in [-0.1, -0.05) is 24.6 Å². The number of hydrogen-bond donors (Lipinski definition) is 1. The Labute approximate surface area is 138 Å². The van der Waals surface area contributed by atoms with Gasteiger partial charge in [-0.15, -0.1) is 0 Å². The van der Waals surface area contributed by atoms with Crippen molar-refractivity contribution in [2.45, 2.75) is 13.3 Å². The summed E-state index contributed by atoms with van der Waals surface area (Å²) in [6.07, 6.45) is 0.298. The first-order valence-electron chi connectivity index (χ1n) is 7.00. The van der Waals surface area contributed by atoms with Crippen molar-refractivity contribution in [3.8, 4) is 5.75 Å². The minimum atomic E-state index is -0.458. The topological polar surface area (TPSA) is 55.4 Å². The van der Waals surface area contributed by atoms with E-state index in [1.807, 2.05) is 0 Å². The van der Waals surface area contributed by atoms with E-state index < -0.39 is 11.7 Å². The molecule has 0 spiro atoms. The summed E-state index contributed by atoms with van der Waals surface area (Å²) in [6, 6.07) is 10.2. The van der Waals surface area contributed by atoms with E-state index in [9.17, 15) is 14.0 Å². The van der Waals surface area contributed by atoms with Crippen LogP contribution in [0.2, 0.25) is 5.02 Å². The van der Waals surface area contributed by atoms with Gasteiger partial charge in [0.2, 0.25) is 0 Å². The second-order valence-corrected chi connectivity index (χ2v) is 5.20. The van der Waals surface area contributed by atoms with Crippen molar-refractivity contribution in [1.82, 2.24) is 0 Å². The molecule has 6 heteroatoms. The fourth-order valence-electron chi connectivity index (χ4n) is 1.94. The Morgan fingerprint density at radius 2 is 2.00 bits per heavy atom. The highest BCUT2D eigenvalue weighted by Gasteiger charge is 2.13. The minimum absolute atomic E-state index is 0.131. The Kier molecular flexibility index (Phi) is 5.71. The van der Waals surface area contributed by atoms with Crippen LogP contribution in [0.5, 0.6) is 5.75 Å². The van der Waals surface area contributed by atoms with Crippen molar-refractivity contribution in [3.05, 3.63) is 58.9 Å². The summed E-state index contributed by atoms with van der Waals surface area (Å²) < 4.78 is 18.4. The number of anilines is 1. The number of Topliss-reactive ketones (excluding diaryl/α,β-unsaturated/α-hetero) is 1. The molecule has 0 aliphatic carbocycles. The summed E-state index contributed by atoms with van der Waals surface area (Å²) in [5, 5.41) is 2.93. The first-order chi connectivity index (χ1) is 11.0. The maximum atomic E-state index is 13.1. The molecule has 0 unspecified atom stereocenters. The molecule has 0 aliphatic rings. The van der Waals surface area contributed by atoms with Crippen LogP contribution in [0.4, 0.5) is 10.1 Å². The van der Waals surface area contributed by atoms with Crippen molar-refractivity contribution in [1.29, 1.82) is 0 Å². The van der Waals surface area contributed by atoms with E-state index in [1.165, 1.54) is 24.3 Å². The first kappa shape index (κ1) is 17.0. The van der Waals surface area contributed by atoms with E-state index in [0.717, 1.165) is 0 Å². The van der Waals surface area contributed by atoms with Gasteiger partial charge in [-0.3, -0.25) is 9.59 Å². The zero-order valence-electron chi connectivity index (χ0n) is 12.4. The van der Waals surface area contributed by atoms with Crippen molar-refractivity contribution < 1.29 is 18.7 Å². The Morgan fingerprint density at radius 1 is 1.22 bits per heavy atom. The smallest absolute Gasteiger partial charge is 0.262 e. The molecule has 2 rings (SSSR count). The van der Waals surface area contributed by atoms with E-state index in [0.29, 0.717) is 22.7 Å². The van der Waals surface area contributed by atoms with Crippen LogP contribution in [0.15, 0.2) is 42.5 Å². The van der Waals surface area contributed by atoms with Gasteiger partial charge in [0.1, 0.15) is 11.6 Å². The second-order valence-electron chi connectivity index (χ2n) is 4.76. The predicted octanol–water partition coefficient (Wildman–Crippen LogP) is 4.09. The summed E-state index contributed by atoms with van der Waals surface area (Å²) in [7, 11) is 0. The number of halogens is 2. The molecule has 4 nitrogen and oxygen atoms in total. The standard InChI is InChI=1S/C17H15ClFNO3/c1-2-15(21)14-8-11(18)6-7-16(14)23-10-17(22)20-13-5-3-4-12(19)9-13/h3-9H,2,10H2,1H3,(H,20,22). The highest BCUT2D eigenvalue weighted by molar-refractivity contribution is 6.31. The maximum Gasteiger partial charge on any atom is 0.262 e. The largest absolute Gasteiger partial charge is 0.483 e. The van der Waals surface area contributed by atoms with Crippen LogP contribution < -0.4 is 10.1 Å². The maximum absolute atomic E-state index is 13.1. The van der Waals surface area contributed by atoms with Gasteiger partial charge < -0.3 is 10.1 Å². The Bertz CT molecular complexity index is 734. The number of carbonyl (C=O) groups is 2. The summed E-state index contributed by atoms with van der Waals surface area (Å²) in [5.41, 5.74) is 0.665. The summed E-state index contributed by atoms with van der Waals surface area (Å²) in [6.45, 7) is 1.42. The average Bonchev–Trinajstić information content (AvgIpc) is 2.53. The zero-order chi connectivity index (χ0) is 16.8. The van der Waals surface area contributed by atoms with Gasteiger partial charge in [-0.2, -0.15) is 0 Å². The van der Waals surface area contributed by atoms with Gasteiger partial charge in [0.05, 0.1) is 5.56 Å². The molecule has 0 saturated heterocycles. The van der Waals surface area contributed by atoms with Crippen molar-refractivity contribution in [2.75, 3.05) is 11.9 Å². The van der Waals surface area contributed by atoms with Crippen LogP contribution in [0, 0.1) is 5.82 Å². The Hall–Kier alpha value is -2.40. The van der Waals surface area contributed by atoms with E-state index in [2.05, 4.69) is 5.32 Å². The predicted molar refractivity (Wildman–Crippen MR) is 86.6 cm³/mol. The van der Waals surface area contributed by atoms with Crippen LogP contribution in [0.3, 0.4) is 0 Å². The molecule has 23 heavy (non-hydrogen) atoms. The molecule has 2 aromatic rings. The van der Waals surface area contributed by atoms with Crippen molar-refractivity contribution >= 4 is 29.0 Å². The van der Waals surface area contributed by atoms with Crippen LogP contribution in [0.1, 0.15) is 23.7 Å². The highest BCUT2D eigenvalue weighted by atomic mass is 35.5. The van der Waals surface area contributed by atoms with Crippen LogP contribution in [-0.2, 0) is 4.79 Å². The van der Waals surface area contributed by atoms with Crippen LogP contribution in [-0.4, -0.2) is 18.3 Å². The van der Waals surface area contributed by atoms with E-state index in [1.54, 1.807) is 25.1 Å². The SMILES string of the molecule is CCC(=O)c1cc(Cl)ccc1OCC(=O)Nc1cccc(F)c1. The number of benzene rings is 2. The molecule has 0 bridgehead atoms. The number of ketones is 1. The molecule has 0 aromatic heterocycles. The van der Waals surface area contributed by atoms with Crippen molar-refractivity contribution in [2.24, 2.45) is 0 Å². The Balaban J connectivity index is 2.03. The number of ether oxygens (including phenoxy) is 1. The Morgan fingerprint density at radius 3 is 2.70 bits per heavy atom. The molecule has 0 radical (unpaired) electrons. The molecule has 0 fully saturated rings. The molecular formula is C17H15ClFNO3. The summed E-state index contributed by atoms with van der Waals surface area (Å²) >= 11 is 5.88. The highest BCUT2D eigenvalue weighted by Crippen LogP contribution is 2.24. The third kappa shape index (κ3) is 4.79. The van der Waals surface area contributed by atoms with E-state index in [4.69, 9.17) is 16.3 Å². The lowest BCUT2D eigenvalue weighted by atomic mass is 10.1. The number of carbonyl (C=O) groups excluding carboxylic acids is 2. The quantitative estimate of drug-likeness (QED) is 0.809. The molecule has 2 aromatic carbocycles. The van der Waals surface area contributed by atoms with E-state index >= 15 is 0 Å². The van der Waals surface area contributed by atoms with E-state index in [-0.39, 0.29) is 18.1 Å². The fraction of sp³-hybridized carbons (Fsp3) is 0.176. The molecular weight excluding hydrogens is 321 g/mol. The first-order valence-corrected chi connectivity index (χ1v) is 7.38. The van der Waals surface area contributed by atoms with Crippen LogP contribution in [0.25, 0.3) is 0 Å². The third-order valence-corrected chi connectivity index (χ3v) is 3.27. The number of amides is 1. The molecule has 0 aliphatic heterocycles. The number of hydrogen-bond acceptors (Lipinski definition) is 3. The van der Waals surface area contributed by atoms with Gasteiger partial charge in [0.25, 0.3) is 5.91 Å². The number of nitrogens with one attached hydrogen (secondary N) is 1. The minimum Gasteiger partial charge on any atom is -0.483 e. The normalized spacial score (nSPS) is 10.2. The van der Waals surface area contributed by atoms with Gasteiger partial charge in [-0.05, 0) is 36.4 Å². The molecule has 1 N–H and O–H groups in total. The third-order valence-electron chi connectivity index (χ3n) is 3.03.